The fraction of sp³-hybridized carbons (Fsp3) is 0.417. The summed E-state index contributed by atoms with van der Waals surface area (Å²) in [4.78, 5) is 2.27. The first-order chi connectivity index (χ1) is 8.16. The smallest absolute Gasteiger partial charge is 0.123 e. The molecule has 0 radical (unpaired) electrons. The zero-order chi connectivity index (χ0) is 12.3. The number of amidine groups is 1. The standard InChI is InChI=1S/C12H17N3OS/c13-12(14)11-4-2-1-3-10(11)9-15-5-7-17(16)8-6-15/h1-4H,5-9H2,(H3,13,14). The van der Waals surface area contributed by atoms with Crippen LogP contribution in [0.15, 0.2) is 24.3 Å². The molecular weight excluding hydrogens is 234 g/mol. The molecule has 92 valence electrons. The minimum Gasteiger partial charge on any atom is -0.384 e. The summed E-state index contributed by atoms with van der Waals surface area (Å²) in [7, 11) is -0.642. The van der Waals surface area contributed by atoms with Crippen molar-refractivity contribution in [3.63, 3.8) is 0 Å². The molecule has 0 atom stereocenters. The van der Waals surface area contributed by atoms with E-state index in [1.165, 1.54) is 0 Å². The van der Waals surface area contributed by atoms with Crippen molar-refractivity contribution in [2.45, 2.75) is 6.54 Å². The Hall–Kier alpha value is -1.20. The number of nitrogens with two attached hydrogens (primary N) is 1. The zero-order valence-electron chi connectivity index (χ0n) is 9.69. The van der Waals surface area contributed by atoms with Gasteiger partial charge in [-0.15, -0.1) is 0 Å². The maximum absolute atomic E-state index is 11.3. The van der Waals surface area contributed by atoms with Crippen LogP contribution in [0.1, 0.15) is 11.1 Å². The predicted molar refractivity (Wildman–Crippen MR) is 70.6 cm³/mol. The second-order valence-corrected chi connectivity index (χ2v) is 5.89. The van der Waals surface area contributed by atoms with Crippen molar-refractivity contribution < 1.29 is 4.21 Å². The fourth-order valence-electron chi connectivity index (χ4n) is 2.00. The molecule has 0 unspecified atom stereocenters. The molecule has 1 aromatic rings. The predicted octanol–water partition coefficient (Wildman–Crippen LogP) is 0.535. The molecule has 0 aromatic heterocycles. The number of nitrogens with one attached hydrogen (secondary N) is 1. The van der Waals surface area contributed by atoms with Crippen LogP contribution in [0.3, 0.4) is 0 Å². The van der Waals surface area contributed by atoms with Crippen LogP contribution in [0.25, 0.3) is 0 Å². The number of nitrogen functional groups attached to an aromatic ring is 1. The SMILES string of the molecule is N=C(N)c1ccccc1CN1CCS(=O)CC1. The van der Waals surface area contributed by atoms with Crippen LogP contribution in [0.4, 0.5) is 0 Å². The number of nitrogens with zero attached hydrogens (tertiary/aromatic N) is 1. The maximum atomic E-state index is 11.3. The molecule has 1 saturated heterocycles. The highest BCUT2D eigenvalue weighted by Crippen LogP contribution is 2.12. The molecule has 0 spiro atoms. The van der Waals surface area contributed by atoms with Gasteiger partial charge >= 0.3 is 0 Å². The molecule has 1 heterocycles. The first-order valence-electron chi connectivity index (χ1n) is 5.66. The van der Waals surface area contributed by atoms with Crippen LogP contribution in [0, 0.1) is 5.41 Å². The molecule has 1 fully saturated rings. The molecule has 0 saturated carbocycles. The number of hydrogen-bond donors (Lipinski definition) is 2. The highest BCUT2D eigenvalue weighted by Gasteiger charge is 2.16. The molecule has 1 aliphatic heterocycles. The van der Waals surface area contributed by atoms with Crippen molar-refractivity contribution in [1.29, 1.82) is 5.41 Å². The van der Waals surface area contributed by atoms with E-state index >= 15 is 0 Å². The lowest BCUT2D eigenvalue weighted by Crippen LogP contribution is -2.37. The van der Waals surface area contributed by atoms with E-state index in [9.17, 15) is 4.21 Å². The average Bonchev–Trinajstić information content (AvgIpc) is 2.32. The lowest BCUT2D eigenvalue weighted by atomic mass is 10.1. The summed E-state index contributed by atoms with van der Waals surface area (Å²) < 4.78 is 11.3. The highest BCUT2D eigenvalue weighted by molar-refractivity contribution is 7.85. The monoisotopic (exact) mass is 251 g/mol. The van der Waals surface area contributed by atoms with E-state index in [1.54, 1.807) is 0 Å². The lowest BCUT2D eigenvalue weighted by molar-refractivity contribution is 0.291. The molecule has 1 aromatic carbocycles. The van der Waals surface area contributed by atoms with Gasteiger partial charge in [0, 0.05) is 47.5 Å². The summed E-state index contributed by atoms with van der Waals surface area (Å²) in [6.07, 6.45) is 0. The normalized spacial score (nSPS) is 18.1. The molecule has 3 N–H and O–H groups in total. The van der Waals surface area contributed by atoms with E-state index in [2.05, 4.69) is 4.90 Å². The zero-order valence-corrected chi connectivity index (χ0v) is 10.5. The Morgan fingerprint density at radius 2 is 2.00 bits per heavy atom. The van der Waals surface area contributed by atoms with Gasteiger partial charge in [-0.1, -0.05) is 24.3 Å². The fourth-order valence-corrected chi connectivity index (χ4v) is 3.12. The quantitative estimate of drug-likeness (QED) is 0.608. The van der Waals surface area contributed by atoms with Gasteiger partial charge in [0.1, 0.15) is 5.84 Å². The molecule has 5 heteroatoms. The second-order valence-electron chi connectivity index (χ2n) is 4.20. The van der Waals surface area contributed by atoms with Gasteiger partial charge in [0.15, 0.2) is 0 Å². The Balaban J connectivity index is 2.08. The molecule has 0 aliphatic carbocycles. The van der Waals surface area contributed by atoms with E-state index < -0.39 is 10.8 Å². The van der Waals surface area contributed by atoms with E-state index in [0.29, 0.717) is 0 Å². The number of rotatable bonds is 3. The van der Waals surface area contributed by atoms with E-state index in [0.717, 1.165) is 42.3 Å². The van der Waals surface area contributed by atoms with E-state index in [4.69, 9.17) is 11.1 Å². The van der Waals surface area contributed by atoms with Crippen molar-refractivity contribution in [3.8, 4) is 0 Å². The molecule has 0 bridgehead atoms. The van der Waals surface area contributed by atoms with Crippen molar-refractivity contribution in [3.05, 3.63) is 35.4 Å². The lowest BCUT2D eigenvalue weighted by Gasteiger charge is -2.26. The van der Waals surface area contributed by atoms with Crippen molar-refractivity contribution >= 4 is 16.6 Å². The first kappa shape index (κ1) is 12.3. The van der Waals surface area contributed by atoms with Gasteiger partial charge in [0.25, 0.3) is 0 Å². The Morgan fingerprint density at radius 1 is 1.35 bits per heavy atom. The Labute approximate surface area is 104 Å². The highest BCUT2D eigenvalue weighted by atomic mass is 32.2. The van der Waals surface area contributed by atoms with Gasteiger partial charge in [-0.3, -0.25) is 14.5 Å². The van der Waals surface area contributed by atoms with Crippen molar-refractivity contribution in [1.82, 2.24) is 4.90 Å². The van der Waals surface area contributed by atoms with Crippen LogP contribution < -0.4 is 5.73 Å². The van der Waals surface area contributed by atoms with Crippen LogP contribution >= 0.6 is 0 Å². The minimum absolute atomic E-state index is 0.112. The largest absolute Gasteiger partial charge is 0.384 e. The summed E-state index contributed by atoms with van der Waals surface area (Å²) in [5.41, 5.74) is 7.44. The summed E-state index contributed by atoms with van der Waals surface area (Å²) in [6, 6.07) is 7.73. The van der Waals surface area contributed by atoms with Gasteiger partial charge in [-0.05, 0) is 5.56 Å². The van der Waals surface area contributed by atoms with Crippen LogP contribution in [-0.4, -0.2) is 39.5 Å². The second kappa shape index (κ2) is 5.42. The van der Waals surface area contributed by atoms with E-state index in [-0.39, 0.29) is 5.84 Å². The van der Waals surface area contributed by atoms with Crippen molar-refractivity contribution in [2.75, 3.05) is 24.6 Å². The average molecular weight is 251 g/mol. The minimum atomic E-state index is -0.642. The van der Waals surface area contributed by atoms with Gasteiger partial charge in [-0.25, -0.2) is 0 Å². The Morgan fingerprint density at radius 3 is 2.65 bits per heavy atom. The summed E-state index contributed by atoms with van der Waals surface area (Å²) in [5, 5.41) is 7.54. The van der Waals surface area contributed by atoms with Crippen LogP contribution in [0.2, 0.25) is 0 Å². The van der Waals surface area contributed by atoms with E-state index in [1.807, 2.05) is 24.3 Å². The summed E-state index contributed by atoms with van der Waals surface area (Å²) in [5.74, 6) is 1.62. The third-order valence-corrected chi connectivity index (χ3v) is 4.25. The molecule has 0 amide bonds. The molecule has 4 nitrogen and oxygen atoms in total. The molecule has 2 rings (SSSR count). The summed E-state index contributed by atoms with van der Waals surface area (Å²) in [6.45, 7) is 2.50. The Bertz CT molecular complexity index is 437. The van der Waals surface area contributed by atoms with Gasteiger partial charge in [-0.2, -0.15) is 0 Å². The van der Waals surface area contributed by atoms with Gasteiger partial charge < -0.3 is 5.73 Å². The molecule has 1 aliphatic rings. The Kier molecular flexibility index (Phi) is 3.91. The number of benzene rings is 1. The number of hydrogen-bond acceptors (Lipinski definition) is 3. The molecule has 17 heavy (non-hydrogen) atoms. The molecular formula is C12H17N3OS. The van der Waals surface area contributed by atoms with Gasteiger partial charge in [0.05, 0.1) is 0 Å². The summed E-state index contributed by atoms with van der Waals surface area (Å²) >= 11 is 0. The van der Waals surface area contributed by atoms with Crippen LogP contribution in [0.5, 0.6) is 0 Å². The third kappa shape index (κ3) is 3.14. The first-order valence-corrected chi connectivity index (χ1v) is 7.15. The topological polar surface area (TPSA) is 70.2 Å². The third-order valence-electron chi connectivity index (χ3n) is 2.97. The maximum Gasteiger partial charge on any atom is 0.123 e. The van der Waals surface area contributed by atoms with Gasteiger partial charge in [0.2, 0.25) is 0 Å². The van der Waals surface area contributed by atoms with Crippen molar-refractivity contribution in [2.24, 2.45) is 5.73 Å². The van der Waals surface area contributed by atoms with Crippen LogP contribution in [-0.2, 0) is 17.3 Å².